The van der Waals surface area contributed by atoms with Gasteiger partial charge in [0.15, 0.2) is 0 Å². The number of carbonyl (C=O) groups is 2. The van der Waals surface area contributed by atoms with Gasteiger partial charge in [-0.25, -0.2) is 4.79 Å². The fourth-order valence-electron chi connectivity index (χ4n) is 1.48. The van der Waals surface area contributed by atoms with Gasteiger partial charge >= 0.3 is 6.03 Å². The molecule has 0 spiro atoms. The van der Waals surface area contributed by atoms with Crippen molar-refractivity contribution in [2.75, 3.05) is 26.3 Å². The molecule has 1 heterocycles. The summed E-state index contributed by atoms with van der Waals surface area (Å²) in [7, 11) is 0. The summed E-state index contributed by atoms with van der Waals surface area (Å²) in [6.07, 6.45) is 0. The van der Waals surface area contributed by atoms with Crippen molar-refractivity contribution < 1.29 is 14.3 Å². The number of halogens is 1. The van der Waals surface area contributed by atoms with Crippen LogP contribution in [0, 0.1) is 5.92 Å². The zero-order valence-electron chi connectivity index (χ0n) is 9.53. The predicted molar refractivity (Wildman–Crippen MR) is 68.6 cm³/mol. The quantitative estimate of drug-likeness (QED) is 0.616. The van der Waals surface area contributed by atoms with Crippen molar-refractivity contribution in [1.29, 1.82) is 0 Å². The number of nitrogens with zero attached hydrogens (tertiary/aromatic N) is 1. The van der Waals surface area contributed by atoms with E-state index in [4.69, 9.17) is 4.74 Å². The van der Waals surface area contributed by atoms with Crippen molar-refractivity contribution in [2.45, 2.75) is 19.9 Å². The summed E-state index contributed by atoms with van der Waals surface area (Å²) in [6.45, 7) is 6.15. The highest BCUT2D eigenvalue weighted by Crippen LogP contribution is 2.08. The number of ether oxygens (including phenoxy) is 1. The lowest BCUT2D eigenvalue weighted by molar-refractivity contribution is -0.111. The third kappa shape index (κ3) is 3.89. The number of nitrogens with one attached hydrogen (secondary N) is 1. The van der Waals surface area contributed by atoms with Gasteiger partial charge in [0.2, 0.25) is 3.79 Å². The summed E-state index contributed by atoms with van der Waals surface area (Å²) in [5, 5.41) is 2.76. The summed E-state index contributed by atoms with van der Waals surface area (Å²) >= 11 is 1.73. The second kappa shape index (κ2) is 6.39. The van der Waals surface area contributed by atoms with E-state index in [1.165, 1.54) is 0 Å². The third-order valence-electron chi connectivity index (χ3n) is 2.49. The zero-order valence-corrected chi connectivity index (χ0v) is 11.7. The molecule has 1 aliphatic rings. The van der Waals surface area contributed by atoms with E-state index in [1.54, 1.807) is 27.5 Å². The maximum absolute atomic E-state index is 11.8. The summed E-state index contributed by atoms with van der Waals surface area (Å²) in [4.78, 5) is 24.8. The molecular formula is C10H17IN2O3. The van der Waals surface area contributed by atoms with Gasteiger partial charge in [0.1, 0.15) is 6.04 Å². The molecule has 1 N–H and O–H groups in total. The van der Waals surface area contributed by atoms with E-state index in [2.05, 4.69) is 5.32 Å². The number of rotatable bonds is 3. The van der Waals surface area contributed by atoms with Gasteiger partial charge in [-0.3, -0.25) is 4.79 Å². The summed E-state index contributed by atoms with van der Waals surface area (Å²) in [6, 6.07) is -0.581. The maximum Gasteiger partial charge on any atom is 0.318 e. The van der Waals surface area contributed by atoms with Gasteiger partial charge in [0.05, 0.1) is 13.2 Å². The van der Waals surface area contributed by atoms with Gasteiger partial charge < -0.3 is 15.0 Å². The Bertz CT molecular complexity index is 265. The molecule has 1 atom stereocenters. The highest BCUT2D eigenvalue weighted by molar-refractivity contribution is 14.1. The monoisotopic (exact) mass is 340 g/mol. The number of morpholine rings is 1. The van der Waals surface area contributed by atoms with Crippen LogP contribution in [0.25, 0.3) is 0 Å². The molecule has 0 radical (unpaired) electrons. The van der Waals surface area contributed by atoms with Crippen LogP contribution in [0.4, 0.5) is 4.79 Å². The average Bonchev–Trinajstić information content (AvgIpc) is 2.25. The van der Waals surface area contributed by atoms with Crippen LogP contribution in [0.1, 0.15) is 13.8 Å². The van der Waals surface area contributed by atoms with E-state index < -0.39 is 6.04 Å². The lowest BCUT2D eigenvalue weighted by atomic mass is 10.1. The fraction of sp³-hybridized carbons (Fsp3) is 0.800. The van der Waals surface area contributed by atoms with Crippen molar-refractivity contribution in [3.05, 3.63) is 0 Å². The van der Waals surface area contributed by atoms with Gasteiger partial charge in [-0.2, -0.15) is 0 Å². The van der Waals surface area contributed by atoms with E-state index >= 15 is 0 Å². The minimum Gasteiger partial charge on any atom is -0.378 e. The lowest BCUT2D eigenvalue weighted by Crippen LogP contribution is -2.52. The number of hydrogen-bond acceptors (Lipinski definition) is 3. The van der Waals surface area contributed by atoms with Crippen LogP contribution in [-0.4, -0.2) is 47.1 Å². The Morgan fingerprint density at radius 3 is 2.31 bits per heavy atom. The lowest BCUT2D eigenvalue weighted by Gasteiger charge is -2.29. The van der Waals surface area contributed by atoms with E-state index in [-0.39, 0.29) is 15.7 Å². The Kier molecular flexibility index (Phi) is 5.47. The van der Waals surface area contributed by atoms with Gasteiger partial charge in [-0.1, -0.05) is 13.8 Å². The predicted octanol–water partition coefficient (Wildman–Crippen LogP) is 1.01. The number of carbonyl (C=O) groups excluding carboxylic acids is 2. The minimum absolute atomic E-state index is 0.0331. The highest BCUT2D eigenvalue weighted by atomic mass is 127. The molecule has 0 bridgehead atoms. The van der Waals surface area contributed by atoms with E-state index in [0.29, 0.717) is 26.3 Å². The largest absolute Gasteiger partial charge is 0.378 e. The molecule has 5 nitrogen and oxygen atoms in total. The van der Waals surface area contributed by atoms with Crippen molar-refractivity contribution in [3.63, 3.8) is 0 Å². The third-order valence-corrected chi connectivity index (χ3v) is 3.16. The second-order valence-corrected chi connectivity index (χ2v) is 5.14. The van der Waals surface area contributed by atoms with Crippen molar-refractivity contribution in [2.24, 2.45) is 5.92 Å². The Morgan fingerprint density at radius 1 is 1.31 bits per heavy atom. The first-order chi connectivity index (χ1) is 7.52. The van der Waals surface area contributed by atoms with Crippen molar-refractivity contribution in [1.82, 2.24) is 10.2 Å². The molecule has 1 fully saturated rings. The molecule has 92 valence electrons. The smallest absolute Gasteiger partial charge is 0.318 e. The Labute approximate surface area is 109 Å². The van der Waals surface area contributed by atoms with E-state index in [9.17, 15) is 9.59 Å². The van der Waals surface area contributed by atoms with Crippen LogP contribution in [0.2, 0.25) is 0 Å². The van der Waals surface area contributed by atoms with E-state index in [1.807, 2.05) is 13.8 Å². The average molecular weight is 340 g/mol. The summed E-state index contributed by atoms with van der Waals surface area (Å²) in [5.74, 6) is 0.106. The molecule has 6 heteroatoms. The van der Waals surface area contributed by atoms with Crippen LogP contribution >= 0.6 is 22.6 Å². The van der Waals surface area contributed by atoms with Crippen molar-refractivity contribution in [3.8, 4) is 0 Å². The van der Waals surface area contributed by atoms with Gasteiger partial charge in [0, 0.05) is 35.7 Å². The maximum atomic E-state index is 11.8. The van der Waals surface area contributed by atoms with Crippen LogP contribution in [0.3, 0.4) is 0 Å². The second-order valence-electron chi connectivity index (χ2n) is 4.07. The molecule has 1 saturated heterocycles. The number of urea groups is 1. The molecule has 2 amide bonds. The first-order valence-electron chi connectivity index (χ1n) is 5.35. The Hall–Kier alpha value is -0.370. The molecule has 16 heavy (non-hydrogen) atoms. The SMILES string of the molecule is CC(C)C(NC(=O)N1CCOCC1)C(=O)I. The number of amides is 2. The molecule has 1 aliphatic heterocycles. The van der Waals surface area contributed by atoms with Gasteiger partial charge in [-0.15, -0.1) is 0 Å². The molecule has 1 unspecified atom stereocenters. The molecule has 0 aromatic heterocycles. The molecule has 0 aromatic carbocycles. The van der Waals surface area contributed by atoms with Crippen LogP contribution in [-0.2, 0) is 9.53 Å². The van der Waals surface area contributed by atoms with Gasteiger partial charge in [0.25, 0.3) is 0 Å². The van der Waals surface area contributed by atoms with Gasteiger partial charge in [-0.05, 0) is 5.92 Å². The first-order valence-corrected chi connectivity index (χ1v) is 6.42. The Balaban J connectivity index is 2.50. The zero-order chi connectivity index (χ0) is 12.1. The first kappa shape index (κ1) is 13.7. The standard InChI is InChI=1S/C10H17IN2O3/c1-7(2)8(9(11)14)12-10(15)13-3-5-16-6-4-13/h7-8H,3-6H2,1-2H3,(H,12,15). The van der Waals surface area contributed by atoms with Crippen LogP contribution in [0.15, 0.2) is 0 Å². The van der Waals surface area contributed by atoms with Crippen LogP contribution in [0.5, 0.6) is 0 Å². The summed E-state index contributed by atoms with van der Waals surface area (Å²) < 4.78 is 5.13. The van der Waals surface area contributed by atoms with Crippen molar-refractivity contribution >= 4 is 32.4 Å². The van der Waals surface area contributed by atoms with Crippen LogP contribution < -0.4 is 5.32 Å². The fourth-order valence-corrected chi connectivity index (χ4v) is 2.35. The number of hydrogen-bond donors (Lipinski definition) is 1. The molecule has 0 saturated carbocycles. The minimum atomic E-state index is -0.407. The molecule has 1 rings (SSSR count). The molecular weight excluding hydrogens is 323 g/mol. The van der Waals surface area contributed by atoms with E-state index in [0.717, 1.165) is 0 Å². The summed E-state index contributed by atoms with van der Waals surface area (Å²) in [5.41, 5.74) is 0. The normalized spacial score (nSPS) is 18.4. The highest BCUT2D eigenvalue weighted by Gasteiger charge is 2.25. The molecule has 0 aliphatic carbocycles. The molecule has 0 aromatic rings. The Morgan fingerprint density at radius 2 is 1.88 bits per heavy atom. The topological polar surface area (TPSA) is 58.6 Å².